The Morgan fingerprint density at radius 3 is 2.44 bits per heavy atom. The van der Waals surface area contributed by atoms with Crippen molar-refractivity contribution in [2.45, 2.75) is 76.9 Å². The average Bonchev–Trinajstić information content (AvgIpc) is 2.78. The van der Waals surface area contributed by atoms with Crippen molar-refractivity contribution in [2.24, 2.45) is 11.7 Å². The molecule has 3 atom stereocenters. The highest BCUT2D eigenvalue weighted by atomic mass is 15.2. The third-order valence-corrected chi connectivity index (χ3v) is 4.72. The van der Waals surface area contributed by atoms with Crippen LogP contribution in [0.15, 0.2) is 0 Å². The van der Waals surface area contributed by atoms with Crippen LogP contribution in [-0.2, 0) is 0 Å². The zero-order valence-corrected chi connectivity index (χ0v) is 11.0. The van der Waals surface area contributed by atoms with Gasteiger partial charge < -0.3 is 5.73 Å². The van der Waals surface area contributed by atoms with E-state index in [1.807, 2.05) is 0 Å². The quantitative estimate of drug-likeness (QED) is 0.798. The van der Waals surface area contributed by atoms with Gasteiger partial charge in [-0.05, 0) is 44.6 Å². The molecule has 3 unspecified atom stereocenters. The third kappa shape index (κ3) is 2.60. The Labute approximate surface area is 101 Å². The molecule has 0 radical (unpaired) electrons. The SMILES string of the molecule is CCN(C1CCCC1)C1CC(C)CCC1N. The lowest BCUT2D eigenvalue weighted by atomic mass is 9.82. The smallest absolute Gasteiger partial charge is 0.0252 e. The number of hydrogen-bond donors (Lipinski definition) is 1. The van der Waals surface area contributed by atoms with Gasteiger partial charge in [-0.3, -0.25) is 4.90 Å². The zero-order chi connectivity index (χ0) is 11.5. The van der Waals surface area contributed by atoms with Gasteiger partial charge in [0.2, 0.25) is 0 Å². The summed E-state index contributed by atoms with van der Waals surface area (Å²) < 4.78 is 0. The summed E-state index contributed by atoms with van der Waals surface area (Å²) in [5.41, 5.74) is 6.34. The van der Waals surface area contributed by atoms with Crippen LogP contribution >= 0.6 is 0 Å². The van der Waals surface area contributed by atoms with Gasteiger partial charge in [0.15, 0.2) is 0 Å². The molecule has 0 aliphatic heterocycles. The highest BCUT2D eigenvalue weighted by molar-refractivity contribution is 4.91. The number of nitrogens with zero attached hydrogens (tertiary/aromatic N) is 1. The zero-order valence-electron chi connectivity index (χ0n) is 11.0. The van der Waals surface area contributed by atoms with E-state index in [0.717, 1.165) is 12.0 Å². The van der Waals surface area contributed by atoms with Gasteiger partial charge in [-0.1, -0.05) is 26.7 Å². The molecule has 0 aromatic carbocycles. The van der Waals surface area contributed by atoms with Gasteiger partial charge in [-0.15, -0.1) is 0 Å². The Balaban J connectivity index is 2.00. The van der Waals surface area contributed by atoms with Crippen LogP contribution < -0.4 is 5.73 Å². The molecule has 0 spiro atoms. The topological polar surface area (TPSA) is 29.3 Å². The summed E-state index contributed by atoms with van der Waals surface area (Å²) in [7, 11) is 0. The third-order valence-electron chi connectivity index (χ3n) is 4.72. The van der Waals surface area contributed by atoms with E-state index >= 15 is 0 Å². The molecule has 2 N–H and O–H groups in total. The summed E-state index contributed by atoms with van der Waals surface area (Å²) in [5, 5.41) is 0. The molecule has 2 fully saturated rings. The van der Waals surface area contributed by atoms with Gasteiger partial charge in [0.05, 0.1) is 0 Å². The molecular weight excluding hydrogens is 196 g/mol. The fourth-order valence-corrected chi connectivity index (χ4v) is 3.75. The molecule has 0 bridgehead atoms. The van der Waals surface area contributed by atoms with Crippen LogP contribution in [0.25, 0.3) is 0 Å². The Morgan fingerprint density at radius 1 is 1.12 bits per heavy atom. The molecule has 0 heterocycles. The standard InChI is InChI=1S/C14H28N2/c1-3-16(12-6-4-5-7-12)14-10-11(2)8-9-13(14)15/h11-14H,3-10,15H2,1-2H3. The molecule has 0 saturated heterocycles. The fraction of sp³-hybridized carbons (Fsp3) is 1.00. The van der Waals surface area contributed by atoms with Crippen LogP contribution in [0.1, 0.15) is 58.8 Å². The first-order valence-corrected chi connectivity index (χ1v) is 7.23. The van der Waals surface area contributed by atoms with Crippen molar-refractivity contribution >= 4 is 0 Å². The summed E-state index contributed by atoms with van der Waals surface area (Å²) in [6, 6.07) is 1.93. The molecule has 16 heavy (non-hydrogen) atoms. The van der Waals surface area contributed by atoms with Crippen LogP contribution in [0, 0.1) is 5.92 Å². The van der Waals surface area contributed by atoms with E-state index in [4.69, 9.17) is 5.73 Å². The molecule has 2 saturated carbocycles. The minimum Gasteiger partial charge on any atom is -0.326 e. The van der Waals surface area contributed by atoms with Gasteiger partial charge >= 0.3 is 0 Å². The maximum absolute atomic E-state index is 6.34. The molecule has 2 aliphatic rings. The molecule has 2 nitrogen and oxygen atoms in total. The second-order valence-corrected chi connectivity index (χ2v) is 5.92. The first kappa shape index (κ1) is 12.4. The maximum atomic E-state index is 6.34. The van der Waals surface area contributed by atoms with Crippen molar-refractivity contribution in [1.82, 2.24) is 4.90 Å². The highest BCUT2D eigenvalue weighted by Crippen LogP contribution is 2.32. The fourth-order valence-electron chi connectivity index (χ4n) is 3.75. The van der Waals surface area contributed by atoms with Gasteiger partial charge in [-0.2, -0.15) is 0 Å². The monoisotopic (exact) mass is 224 g/mol. The van der Waals surface area contributed by atoms with Gasteiger partial charge in [-0.25, -0.2) is 0 Å². The normalized spacial score (nSPS) is 37.1. The summed E-state index contributed by atoms with van der Waals surface area (Å²) in [4.78, 5) is 2.73. The van der Waals surface area contributed by atoms with Crippen molar-refractivity contribution in [1.29, 1.82) is 0 Å². The second kappa shape index (κ2) is 5.50. The van der Waals surface area contributed by atoms with E-state index < -0.39 is 0 Å². The molecule has 2 aliphatic carbocycles. The Bertz CT molecular complexity index is 211. The largest absolute Gasteiger partial charge is 0.326 e. The number of likely N-dealkylation sites (N-methyl/N-ethyl adjacent to an activating group) is 1. The molecular formula is C14H28N2. The molecule has 94 valence electrons. The van der Waals surface area contributed by atoms with Crippen molar-refractivity contribution in [3.8, 4) is 0 Å². The molecule has 0 aromatic heterocycles. The predicted molar refractivity (Wildman–Crippen MR) is 69.4 cm³/mol. The summed E-state index contributed by atoms with van der Waals surface area (Å²) >= 11 is 0. The van der Waals surface area contributed by atoms with E-state index in [2.05, 4.69) is 18.7 Å². The molecule has 2 heteroatoms. The van der Waals surface area contributed by atoms with Crippen molar-refractivity contribution in [3.05, 3.63) is 0 Å². The Hall–Kier alpha value is -0.0800. The van der Waals surface area contributed by atoms with Gasteiger partial charge in [0, 0.05) is 18.1 Å². The lowest BCUT2D eigenvalue weighted by molar-refractivity contribution is 0.0813. The van der Waals surface area contributed by atoms with Crippen molar-refractivity contribution in [2.75, 3.05) is 6.54 Å². The van der Waals surface area contributed by atoms with Crippen LogP contribution in [0.2, 0.25) is 0 Å². The lowest BCUT2D eigenvalue weighted by Crippen LogP contribution is -2.53. The summed E-state index contributed by atoms with van der Waals surface area (Å²) in [6.07, 6.45) is 9.56. The Kier molecular flexibility index (Phi) is 4.26. The van der Waals surface area contributed by atoms with Crippen LogP contribution in [-0.4, -0.2) is 29.6 Å². The van der Waals surface area contributed by atoms with Crippen molar-refractivity contribution in [3.63, 3.8) is 0 Å². The highest BCUT2D eigenvalue weighted by Gasteiger charge is 2.34. The van der Waals surface area contributed by atoms with Crippen molar-refractivity contribution < 1.29 is 0 Å². The number of hydrogen-bond acceptors (Lipinski definition) is 2. The van der Waals surface area contributed by atoms with E-state index in [0.29, 0.717) is 12.1 Å². The van der Waals surface area contributed by atoms with Gasteiger partial charge in [0.25, 0.3) is 0 Å². The minimum atomic E-state index is 0.428. The van der Waals surface area contributed by atoms with Crippen LogP contribution in [0.5, 0.6) is 0 Å². The molecule has 2 rings (SSSR count). The Morgan fingerprint density at radius 2 is 1.81 bits per heavy atom. The van der Waals surface area contributed by atoms with E-state index in [-0.39, 0.29) is 0 Å². The summed E-state index contributed by atoms with van der Waals surface area (Å²) in [6.45, 7) is 5.89. The molecule has 0 amide bonds. The second-order valence-electron chi connectivity index (χ2n) is 5.92. The van der Waals surface area contributed by atoms with Gasteiger partial charge in [0.1, 0.15) is 0 Å². The first-order chi connectivity index (χ1) is 7.72. The maximum Gasteiger partial charge on any atom is 0.0252 e. The van der Waals surface area contributed by atoms with Crippen LogP contribution in [0.3, 0.4) is 0 Å². The number of rotatable bonds is 3. The van der Waals surface area contributed by atoms with E-state index in [9.17, 15) is 0 Å². The minimum absolute atomic E-state index is 0.428. The molecule has 0 aromatic rings. The first-order valence-electron chi connectivity index (χ1n) is 7.23. The lowest BCUT2D eigenvalue weighted by Gasteiger charge is -2.43. The average molecular weight is 224 g/mol. The van der Waals surface area contributed by atoms with E-state index in [1.54, 1.807) is 0 Å². The van der Waals surface area contributed by atoms with E-state index in [1.165, 1.54) is 51.5 Å². The number of nitrogens with two attached hydrogens (primary N) is 1. The predicted octanol–water partition coefficient (Wildman–Crippen LogP) is 2.77. The summed E-state index contributed by atoms with van der Waals surface area (Å²) in [5.74, 6) is 0.875. The van der Waals surface area contributed by atoms with Crippen LogP contribution in [0.4, 0.5) is 0 Å².